The van der Waals surface area contributed by atoms with Crippen molar-refractivity contribution in [2.24, 2.45) is 16.2 Å². The van der Waals surface area contributed by atoms with E-state index in [2.05, 4.69) is 13.8 Å². The van der Waals surface area contributed by atoms with Crippen LogP contribution in [0.2, 0.25) is 0 Å². The molecule has 0 saturated carbocycles. The van der Waals surface area contributed by atoms with E-state index in [9.17, 15) is 19.5 Å². The highest BCUT2D eigenvalue weighted by Gasteiger charge is 2.46. The number of carboxylic acids is 2. The summed E-state index contributed by atoms with van der Waals surface area (Å²) in [6, 6.07) is 0. The van der Waals surface area contributed by atoms with Gasteiger partial charge in [0.15, 0.2) is 0 Å². The molecule has 0 bridgehead atoms. The second-order valence-electron chi connectivity index (χ2n) is 9.41. The van der Waals surface area contributed by atoms with E-state index < -0.39 is 22.8 Å². The van der Waals surface area contributed by atoms with Crippen LogP contribution in [0.3, 0.4) is 0 Å². The highest BCUT2D eigenvalue weighted by Crippen LogP contribution is 2.48. The lowest BCUT2D eigenvalue weighted by Gasteiger charge is -2.43. The number of aliphatic carboxylic acids is 2. The number of hydrogen-bond acceptors (Lipinski definition) is 3. The number of carbonyl (C=O) groups is 3. The maximum atomic E-state index is 12.1. The van der Waals surface area contributed by atoms with Crippen LogP contribution in [-0.4, -0.2) is 27.9 Å². The van der Waals surface area contributed by atoms with E-state index in [0.717, 1.165) is 51.4 Å². The van der Waals surface area contributed by atoms with E-state index in [0.29, 0.717) is 19.3 Å². The van der Waals surface area contributed by atoms with Crippen molar-refractivity contribution >= 4 is 17.7 Å². The van der Waals surface area contributed by atoms with Crippen LogP contribution in [0.4, 0.5) is 0 Å². The zero-order chi connectivity index (χ0) is 22.0. The highest BCUT2D eigenvalue weighted by molar-refractivity contribution is 5.78. The van der Waals surface area contributed by atoms with Crippen molar-refractivity contribution in [1.82, 2.24) is 0 Å². The number of hydrogen-bond donors (Lipinski definition) is 2. The van der Waals surface area contributed by atoms with Crippen molar-refractivity contribution in [2.45, 2.75) is 112 Å². The van der Waals surface area contributed by atoms with Gasteiger partial charge >= 0.3 is 11.9 Å². The summed E-state index contributed by atoms with van der Waals surface area (Å²) in [5.41, 5.74) is -1.71. The van der Waals surface area contributed by atoms with Crippen molar-refractivity contribution in [3.8, 4) is 0 Å². The van der Waals surface area contributed by atoms with Crippen molar-refractivity contribution < 1.29 is 24.6 Å². The van der Waals surface area contributed by atoms with E-state index in [4.69, 9.17) is 5.11 Å². The van der Waals surface area contributed by atoms with Gasteiger partial charge in [-0.25, -0.2) is 0 Å². The molecular weight excluding hydrogens is 356 g/mol. The zero-order valence-corrected chi connectivity index (χ0v) is 18.9. The van der Waals surface area contributed by atoms with E-state index >= 15 is 0 Å². The van der Waals surface area contributed by atoms with Gasteiger partial charge in [-0.05, 0) is 71.6 Å². The minimum Gasteiger partial charge on any atom is -0.481 e. The summed E-state index contributed by atoms with van der Waals surface area (Å²) in [6.07, 6.45) is 8.41. The van der Waals surface area contributed by atoms with Crippen LogP contribution in [0.25, 0.3) is 0 Å². The third kappa shape index (κ3) is 7.56. The summed E-state index contributed by atoms with van der Waals surface area (Å²) in [7, 11) is 0. The van der Waals surface area contributed by atoms with Crippen molar-refractivity contribution in [3.05, 3.63) is 0 Å². The van der Waals surface area contributed by atoms with Gasteiger partial charge in [-0.3, -0.25) is 14.4 Å². The molecular formula is C23H42O5. The Morgan fingerprint density at radius 1 is 0.679 bits per heavy atom. The van der Waals surface area contributed by atoms with Crippen LogP contribution < -0.4 is 0 Å². The molecule has 2 N–H and O–H groups in total. The van der Waals surface area contributed by atoms with Gasteiger partial charge in [-0.1, -0.05) is 33.1 Å². The predicted molar refractivity (Wildman–Crippen MR) is 112 cm³/mol. The highest BCUT2D eigenvalue weighted by atomic mass is 16.4. The normalized spacial score (nSPS) is 12.8. The summed E-state index contributed by atoms with van der Waals surface area (Å²) in [6.45, 7) is 11.2. The third-order valence-electron chi connectivity index (χ3n) is 6.91. The number of unbranched alkanes of at least 4 members (excludes halogenated alkanes) is 3. The Balaban J connectivity index is 4.21. The molecule has 0 aliphatic rings. The fourth-order valence-corrected chi connectivity index (χ4v) is 4.11. The van der Waals surface area contributed by atoms with Crippen LogP contribution in [-0.2, 0) is 14.4 Å². The minimum atomic E-state index is -0.774. The minimum absolute atomic E-state index is 0.237. The Hall–Kier alpha value is -1.39. The summed E-state index contributed by atoms with van der Waals surface area (Å²) < 4.78 is 0. The number of rotatable bonds is 16. The standard InChI is InChI=1S/C23H42O5/c1-7-23(8-2,22(5,6)20(27)28)17-13-11-15-18(24)14-10-9-12-16-21(3,4)19(25)26/h7-17H2,1-6H3,(H,25,26)(H,27,28). The molecule has 0 fully saturated rings. The molecule has 0 aromatic heterocycles. The molecule has 0 saturated heterocycles. The molecule has 0 radical (unpaired) electrons. The predicted octanol–water partition coefficient (Wildman–Crippen LogP) is 6.09. The first-order chi connectivity index (χ1) is 12.9. The number of ketones is 1. The molecule has 5 nitrogen and oxygen atoms in total. The molecule has 0 aliphatic heterocycles. The molecule has 0 unspecified atom stereocenters. The topological polar surface area (TPSA) is 91.7 Å². The van der Waals surface area contributed by atoms with Crippen LogP contribution in [0.15, 0.2) is 0 Å². The van der Waals surface area contributed by atoms with Gasteiger partial charge in [-0.15, -0.1) is 0 Å². The Bertz CT molecular complexity index is 515. The first kappa shape index (κ1) is 26.6. The molecule has 0 heterocycles. The molecule has 0 rings (SSSR count). The summed E-state index contributed by atoms with van der Waals surface area (Å²) in [5, 5.41) is 18.7. The van der Waals surface area contributed by atoms with E-state index in [1.54, 1.807) is 13.8 Å². The molecule has 0 aromatic rings. The van der Waals surface area contributed by atoms with Crippen molar-refractivity contribution in [1.29, 1.82) is 0 Å². The molecule has 28 heavy (non-hydrogen) atoms. The van der Waals surface area contributed by atoms with E-state index in [-0.39, 0.29) is 11.2 Å². The van der Waals surface area contributed by atoms with Crippen LogP contribution >= 0.6 is 0 Å². The van der Waals surface area contributed by atoms with Crippen LogP contribution in [0, 0.1) is 16.2 Å². The zero-order valence-electron chi connectivity index (χ0n) is 18.9. The fourth-order valence-electron chi connectivity index (χ4n) is 4.11. The first-order valence-electron chi connectivity index (χ1n) is 10.8. The number of Topliss-reactive ketones (excluding diaryl/α,β-unsaturated/α-hetero) is 1. The van der Waals surface area contributed by atoms with Crippen LogP contribution in [0.1, 0.15) is 112 Å². The van der Waals surface area contributed by atoms with E-state index in [1.807, 2.05) is 13.8 Å². The fraction of sp³-hybridized carbons (Fsp3) is 0.870. The SMILES string of the molecule is CCC(CC)(CCCCC(=O)CCCCCC(C)(C)C(=O)O)C(C)(C)C(=O)O. The Morgan fingerprint density at radius 2 is 1.14 bits per heavy atom. The third-order valence-corrected chi connectivity index (χ3v) is 6.91. The first-order valence-corrected chi connectivity index (χ1v) is 10.8. The monoisotopic (exact) mass is 398 g/mol. The van der Waals surface area contributed by atoms with Crippen LogP contribution in [0.5, 0.6) is 0 Å². The average molecular weight is 399 g/mol. The largest absolute Gasteiger partial charge is 0.481 e. The van der Waals surface area contributed by atoms with Gasteiger partial charge < -0.3 is 10.2 Å². The van der Waals surface area contributed by atoms with Gasteiger partial charge in [0, 0.05) is 12.8 Å². The van der Waals surface area contributed by atoms with Gasteiger partial charge in [0.05, 0.1) is 10.8 Å². The summed E-state index contributed by atoms with van der Waals surface area (Å²) in [5.74, 6) is -1.27. The molecule has 0 aromatic carbocycles. The van der Waals surface area contributed by atoms with Crippen molar-refractivity contribution in [2.75, 3.05) is 0 Å². The quantitative estimate of drug-likeness (QED) is 0.307. The van der Waals surface area contributed by atoms with Gasteiger partial charge in [0.25, 0.3) is 0 Å². The molecule has 0 atom stereocenters. The summed E-state index contributed by atoms with van der Waals surface area (Å²) >= 11 is 0. The number of carbonyl (C=O) groups excluding carboxylic acids is 1. The second-order valence-corrected chi connectivity index (χ2v) is 9.41. The Kier molecular flexibility index (Phi) is 11.0. The smallest absolute Gasteiger partial charge is 0.309 e. The summed E-state index contributed by atoms with van der Waals surface area (Å²) in [4.78, 5) is 34.9. The second kappa shape index (κ2) is 11.6. The molecule has 0 aliphatic carbocycles. The maximum absolute atomic E-state index is 12.1. The molecule has 5 heteroatoms. The van der Waals surface area contributed by atoms with Gasteiger partial charge in [0.2, 0.25) is 0 Å². The molecule has 164 valence electrons. The average Bonchev–Trinajstić information content (AvgIpc) is 2.61. The van der Waals surface area contributed by atoms with Crippen molar-refractivity contribution in [3.63, 3.8) is 0 Å². The maximum Gasteiger partial charge on any atom is 0.309 e. The van der Waals surface area contributed by atoms with Gasteiger partial charge in [-0.2, -0.15) is 0 Å². The Labute approximate surface area is 171 Å². The lowest BCUT2D eigenvalue weighted by Crippen LogP contribution is -2.43. The Morgan fingerprint density at radius 3 is 1.57 bits per heavy atom. The molecule has 0 amide bonds. The lowest BCUT2D eigenvalue weighted by molar-refractivity contribution is -0.156. The molecule has 0 spiro atoms. The number of carboxylic acid groups (broad SMARTS) is 2. The lowest BCUT2D eigenvalue weighted by atomic mass is 9.60. The van der Waals surface area contributed by atoms with Gasteiger partial charge in [0.1, 0.15) is 5.78 Å². The van der Waals surface area contributed by atoms with E-state index in [1.165, 1.54) is 0 Å².